The molecule has 20 nitrogen and oxygen atoms in total. The van der Waals surface area contributed by atoms with Crippen molar-refractivity contribution < 1.29 is 28.7 Å². The Hall–Kier alpha value is -5.83. The van der Waals surface area contributed by atoms with Crippen molar-refractivity contribution in [2.75, 3.05) is 54.8 Å². The van der Waals surface area contributed by atoms with Crippen LogP contribution in [-0.4, -0.2) is 126 Å². The van der Waals surface area contributed by atoms with Crippen LogP contribution in [0, 0.1) is 13.8 Å². The molecule has 0 radical (unpaired) electrons. The molecule has 0 spiro atoms. The van der Waals surface area contributed by atoms with Crippen molar-refractivity contribution >= 4 is 88.0 Å². The number of anilines is 5. The van der Waals surface area contributed by atoms with Crippen LogP contribution < -0.4 is 32.3 Å². The molecule has 2 aliphatic rings. The van der Waals surface area contributed by atoms with Crippen molar-refractivity contribution in [1.29, 1.82) is 0 Å². The lowest BCUT2D eigenvalue weighted by Gasteiger charge is -2.29. The topological polar surface area (TPSA) is 262 Å². The highest BCUT2D eigenvalue weighted by molar-refractivity contribution is 6.31. The molecule has 2 saturated heterocycles. The number of hydrogen-bond donors (Lipinski definition) is 5. The molecule has 23 heteroatoms. The average molecular weight is 988 g/mol. The molecular weight excluding hydrogens is 927 g/mol. The zero-order valence-electron chi connectivity index (χ0n) is 39.5. The molecule has 0 saturated carbocycles. The van der Waals surface area contributed by atoms with Crippen molar-refractivity contribution in [3.63, 3.8) is 0 Å². The van der Waals surface area contributed by atoms with Gasteiger partial charge >= 0.3 is 12.2 Å². The van der Waals surface area contributed by atoms with Crippen molar-refractivity contribution in [2.45, 2.75) is 105 Å². The third-order valence-corrected chi connectivity index (χ3v) is 10.4. The number of ether oxygens (including phenoxy) is 2. The lowest BCUT2D eigenvalue weighted by Crippen LogP contribution is -2.41. The zero-order chi connectivity index (χ0) is 49.8. The quantitative estimate of drug-likeness (QED) is 0.0977. The van der Waals surface area contributed by atoms with E-state index < -0.39 is 23.0 Å². The highest BCUT2D eigenvalue weighted by atomic mass is 35.5. The van der Waals surface area contributed by atoms with Crippen LogP contribution in [0.2, 0.25) is 15.9 Å². The molecule has 2 aromatic heterocycles. The molecule has 6 rings (SSSR count). The zero-order valence-corrected chi connectivity index (χ0v) is 41.8. The largest absolute Gasteiger partial charge is 0.444 e. The lowest BCUT2D eigenvalue weighted by molar-refractivity contribution is 0.0281. The minimum absolute atomic E-state index is 0.00811. The molecule has 0 aliphatic carbocycles. The van der Waals surface area contributed by atoms with Crippen molar-refractivity contribution in [1.82, 2.24) is 45.0 Å². The van der Waals surface area contributed by atoms with Gasteiger partial charge in [0, 0.05) is 61.3 Å². The molecule has 4 amide bonds. The molecule has 2 atom stereocenters. The Bertz CT molecular complexity index is 2360. The van der Waals surface area contributed by atoms with Gasteiger partial charge in [0.2, 0.25) is 45.5 Å². The summed E-state index contributed by atoms with van der Waals surface area (Å²) >= 11 is 17.6. The van der Waals surface area contributed by atoms with E-state index in [-0.39, 0.29) is 46.0 Å². The number of rotatable bonds is 11. The van der Waals surface area contributed by atoms with Gasteiger partial charge in [0.15, 0.2) is 0 Å². The first-order chi connectivity index (χ1) is 31.3. The molecule has 2 aromatic carbocycles. The average Bonchev–Trinajstić information content (AvgIpc) is 3.90. The number of carbonyl (C=O) groups is 4. The number of amides is 4. The van der Waals surface area contributed by atoms with E-state index >= 15 is 0 Å². The fourth-order valence-corrected chi connectivity index (χ4v) is 7.25. The van der Waals surface area contributed by atoms with Crippen LogP contribution in [0.1, 0.15) is 100 Å². The van der Waals surface area contributed by atoms with Gasteiger partial charge in [-0.3, -0.25) is 9.59 Å². The number of aromatic nitrogens is 6. The van der Waals surface area contributed by atoms with Gasteiger partial charge in [0.05, 0.1) is 6.04 Å². The van der Waals surface area contributed by atoms with Crippen LogP contribution in [-0.2, 0) is 9.47 Å². The number of primary amides is 2. The number of carbonyl (C=O) groups excluding carboxylic acids is 4. The van der Waals surface area contributed by atoms with E-state index in [9.17, 15) is 19.2 Å². The molecule has 0 bridgehead atoms. The number of likely N-dealkylation sites (N-methyl/N-ethyl adjacent to an activating group) is 2. The van der Waals surface area contributed by atoms with Gasteiger partial charge in [-0.15, -0.1) is 0 Å². The number of halogens is 3. The number of benzene rings is 2. The maximum atomic E-state index is 12.5. The Morgan fingerprint density at radius 1 is 0.687 bits per heavy atom. The van der Waals surface area contributed by atoms with E-state index in [1.807, 2.05) is 67.2 Å². The van der Waals surface area contributed by atoms with Crippen LogP contribution in [0.3, 0.4) is 0 Å². The number of nitrogens with one attached hydrogen (secondary N) is 3. The monoisotopic (exact) mass is 986 g/mol. The summed E-state index contributed by atoms with van der Waals surface area (Å²) in [5.74, 6) is -0.209. The van der Waals surface area contributed by atoms with Crippen LogP contribution in [0.4, 0.5) is 38.8 Å². The second-order valence-electron chi connectivity index (χ2n) is 17.6. The van der Waals surface area contributed by atoms with E-state index in [4.69, 9.17) is 55.7 Å². The fraction of sp³-hybridized carbons (Fsp3) is 0.500. The summed E-state index contributed by atoms with van der Waals surface area (Å²) in [6.07, 6.45) is 1.25. The van der Waals surface area contributed by atoms with E-state index in [0.29, 0.717) is 54.1 Å². The third-order valence-electron chi connectivity index (χ3n) is 9.90. The van der Waals surface area contributed by atoms with E-state index in [1.54, 1.807) is 46.2 Å². The summed E-state index contributed by atoms with van der Waals surface area (Å²) in [7, 11) is 0. The third kappa shape index (κ3) is 17.1. The van der Waals surface area contributed by atoms with Crippen molar-refractivity contribution in [3.05, 3.63) is 74.5 Å². The Kier molecular flexibility index (Phi) is 19.1. The first-order valence-electron chi connectivity index (χ1n) is 21.6. The molecular formula is C44H61Cl3N14O6. The predicted octanol–water partition coefficient (Wildman–Crippen LogP) is 7.45. The van der Waals surface area contributed by atoms with Crippen LogP contribution in [0.5, 0.6) is 0 Å². The smallest absolute Gasteiger partial charge is 0.410 e. The van der Waals surface area contributed by atoms with Crippen LogP contribution in [0.25, 0.3) is 0 Å². The second kappa shape index (κ2) is 23.8. The fourth-order valence-electron chi connectivity index (χ4n) is 6.73. The van der Waals surface area contributed by atoms with Gasteiger partial charge in [-0.1, -0.05) is 19.1 Å². The Morgan fingerprint density at radius 2 is 1.13 bits per heavy atom. The molecule has 7 N–H and O–H groups in total. The van der Waals surface area contributed by atoms with Crippen molar-refractivity contribution in [3.8, 4) is 0 Å². The van der Waals surface area contributed by atoms with Crippen LogP contribution in [0.15, 0.2) is 36.4 Å². The Morgan fingerprint density at radius 3 is 1.58 bits per heavy atom. The molecule has 4 heterocycles. The van der Waals surface area contributed by atoms with Gasteiger partial charge in [0.1, 0.15) is 11.2 Å². The summed E-state index contributed by atoms with van der Waals surface area (Å²) in [5.41, 5.74) is 13.5. The first-order valence-corrected chi connectivity index (χ1v) is 22.8. The summed E-state index contributed by atoms with van der Waals surface area (Å²) < 4.78 is 10.8. The minimum Gasteiger partial charge on any atom is -0.444 e. The molecule has 0 unspecified atom stereocenters. The van der Waals surface area contributed by atoms with E-state index in [2.05, 4.69) is 52.8 Å². The lowest BCUT2D eigenvalue weighted by atomic mass is 10.1. The maximum Gasteiger partial charge on any atom is 0.410 e. The predicted molar refractivity (Wildman–Crippen MR) is 260 cm³/mol. The highest BCUT2D eigenvalue weighted by Gasteiger charge is 2.34. The minimum atomic E-state index is -0.550. The molecule has 2 fully saturated rings. The number of hydrogen-bond acceptors (Lipinski definition) is 16. The van der Waals surface area contributed by atoms with E-state index in [0.717, 1.165) is 43.6 Å². The molecule has 364 valence electrons. The number of nitrogens with zero attached hydrogens (tertiary/aromatic N) is 9. The number of nitrogens with two attached hydrogens (primary N) is 2. The van der Waals surface area contributed by atoms with Crippen molar-refractivity contribution in [2.24, 2.45) is 11.5 Å². The standard InChI is InChI=1S/C22H30ClN7O3.C11H9Cl2N5O.C11H22N2O2/c1-6-30(15-9-10-29(12-15)21(32)33-22(3,4)5)20-27-18(23)26-19(28-20)25-16-11-14(17(24)31)8-7-13(16)2;1-5-2-3-6(8(14)19)4-7(5)15-11-17-9(12)16-10(13)18-11;1-5-12-9-6-7-13(8-9)10(14)15-11(2,3)4/h7-8,11,15H,6,9-10,12H2,1-5H3,(H2,24,31)(H,25,26,27,28);2-4H,1H3,(H2,14,19)(H,15,16,17,18);9,12H,5-8H2,1-4H3/t15-;;9-/m1.1/s1. The number of likely N-dealkylation sites (tertiary alicyclic amines) is 2. The van der Waals surface area contributed by atoms with E-state index in [1.165, 1.54) is 0 Å². The van der Waals surface area contributed by atoms with Gasteiger partial charge in [-0.25, -0.2) is 9.59 Å². The summed E-state index contributed by atoms with van der Waals surface area (Å²) in [5, 5.41) is 9.35. The normalized spacial score (nSPS) is 15.7. The molecule has 2 aliphatic heterocycles. The van der Waals surface area contributed by atoms with Crippen LogP contribution >= 0.6 is 34.8 Å². The summed E-state index contributed by atoms with van der Waals surface area (Å²) in [4.78, 5) is 76.7. The van der Waals surface area contributed by atoms with Gasteiger partial charge in [0.25, 0.3) is 0 Å². The Balaban J connectivity index is 0.000000243. The summed E-state index contributed by atoms with van der Waals surface area (Å²) in [6.45, 7) is 23.2. The first kappa shape index (κ1) is 53.8. The highest BCUT2D eigenvalue weighted by Crippen LogP contribution is 2.27. The van der Waals surface area contributed by atoms with Gasteiger partial charge < -0.3 is 51.6 Å². The Labute approximate surface area is 406 Å². The maximum absolute atomic E-state index is 12.5. The van der Waals surface area contributed by atoms with Gasteiger partial charge in [-0.05, 0) is 152 Å². The molecule has 67 heavy (non-hydrogen) atoms. The second-order valence-corrected chi connectivity index (χ2v) is 18.6. The summed E-state index contributed by atoms with van der Waals surface area (Å²) in [6, 6.07) is 10.5. The van der Waals surface area contributed by atoms with Gasteiger partial charge in [-0.2, -0.15) is 29.9 Å². The number of aryl methyl sites for hydroxylation is 2. The SMILES string of the molecule is CCN(c1nc(Cl)nc(Nc2cc(C(N)=O)ccc2C)n1)[C@@H]1CCN(C(=O)OC(C)(C)C)C1.CCN[C@@H]1CCN(C(=O)OC(C)(C)C)C1.Cc1ccc(C(N)=O)cc1Nc1nc(Cl)nc(Cl)n1. The molecule has 4 aromatic rings.